The molecule has 1 heterocycles. The molecule has 3 aliphatic carbocycles. The highest BCUT2D eigenvalue weighted by Crippen LogP contribution is 2.65. The molecule has 2 N–H and O–H groups in total. The number of rotatable bonds is 6. The third-order valence-electron chi connectivity index (χ3n) is 7.66. The van der Waals surface area contributed by atoms with E-state index in [1.54, 1.807) is 6.07 Å². The van der Waals surface area contributed by atoms with Crippen LogP contribution in [0.5, 0.6) is 5.75 Å². The summed E-state index contributed by atoms with van der Waals surface area (Å²) >= 11 is 0. The smallest absolute Gasteiger partial charge is 0.482 e. The number of aromatic carboxylic acids is 1. The minimum Gasteiger partial charge on any atom is -0.496 e. The Bertz CT molecular complexity index is 873. The Kier molecular flexibility index (Phi) is 5.14. The Labute approximate surface area is 177 Å². The van der Waals surface area contributed by atoms with E-state index < -0.39 is 19.0 Å². The van der Waals surface area contributed by atoms with Crippen LogP contribution in [0.25, 0.3) is 0 Å². The van der Waals surface area contributed by atoms with E-state index in [0.717, 1.165) is 12.8 Å². The van der Waals surface area contributed by atoms with Crippen molar-refractivity contribution >= 4 is 19.0 Å². The number of nitrogens with one attached hydrogen (secondary N) is 1. The van der Waals surface area contributed by atoms with E-state index in [-0.39, 0.29) is 28.6 Å². The van der Waals surface area contributed by atoms with Gasteiger partial charge in [-0.1, -0.05) is 26.0 Å². The first kappa shape index (κ1) is 21.2. The number of carbonyl (C=O) groups is 2. The van der Waals surface area contributed by atoms with Crippen molar-refractivity contribution in [2.24, 2.45) is 17.3 Å². The van der Waals surface area contributed by atoms with E-state index >= 15 is 0 Å². The standard InChI is InChI=1S/C22H30BNO6/c1-12(25)24-18(9-13-7-6-8-15(20(26)27)19(13)28-5)23-29-17-11-14-10-16(21(14,2)3)22(17,4)30-23/h6-8,14,16-18H,9-11H2,1-5H3,(H,24,25)(H,26,27)/t14-,16-,17-,18+,22-/m1/s1. The molecular formula is C22H30BNO6. The van der Waals surface area contributed by atoms with Crippen LogP contribution in [-0.2, 0) is 20.5 Å². The van der Waals surface area contributed by atoms with Gasteiger partial charge in [-0.15, -0.1) is 0 Å². The van der Waals surface area contributed by atoms with Gasteiger partial charge in [-0.05, 0) is 55.1 Å². The SMILES string of the molecule is COc1c(C[C@H](NC(C)=O)B2O[C@@H]3C[C@H]4C[C@H](C4(C)C)[C@@]3(C)O2)cccc1C(=O)O. The van der Waals surface area contributed by atoms with Crippen molar-refractivity contribution in [1.29, 1.82) is 0 Å². The van der Waals surface area contributed by atoms with Gasteiger partial charge in [-0.25, -0.2) is 4.79 Å². The second-order valence-electron chi connectivity index (χ2n) is 9.65. The summed E-state index contributed by atoms with van der Waals surface area (Å²) in [5.74, 6) is -0.353. The number of carboxylic acid groups (broad SMARTS) is 1. The predicted molar refractivity (Wildman–Crippen MR) is 111 cm³/mol. The monoisotopic (exact) mass is 415 g/mol. The average Bonchev–Trinajstić information content (AvgIpc) is 3.03. The van der Waals surface area contributed by atoms with Crippen LogP contribution in [-0.4, -0.2) is 48.9 Å². The molecule has 0 aromatic heterocycles. The molecule has 4 fully saturated rings. The van der Waals surface area contributed by atoms with Gasteiger partial charge in [0.2, 0.25) is 5.91 Å². The number of carbonyl (C=O) groups excluding carboxylic acids is 1. The maximum Gasteiger partial charge on any atom is 0.482 e. The van der Waals surface area contributed by atoms with Crippen molar-refractivity contribution in [2.45, 2.75) is 64.6 Å². The van der Waals surface area contributed by atoms with Crippen LogP contribution in [0.3, 0.4) is 0 Å². The number of methoxy groups -OCH3 is 1. The van der Waals surface area contributed by atoms with Gasteiger partial charge in [-0.3, -0.25) is 4.79 Å². The highest BCUT2D eigenvalue weighted by atomic mass is 16.7. The summed E-state index contributed by atoms with van der Waals surface area (Å²) in [6.45, 7) is 8.20. The molecule has 2 bridgehead atoms. The largest absolute Gasteiger partial charge is 0.496 e. The van der Waals surface area contributed by atoms with Crippen LogP contribution in [0.2, 0.25) is 0 Å². The second-order valence-corrected chi connectivity index (χ2v) is 9.65. The van der Waals surface area contributed by atoms with Crippen LogP contribution < -0.4 is 10.1 Å². The number of para-hydroxylation sites is 1. The molecule has 0 radical (unpaired) electrons. The zero-order valence-electron chi connectivity index (χ0n) is 18.2. The predicted octanol–water partition coefficient (Wildman–Crippen LogP) is 2.71. The fourth-order valence-corrected chi connectivity index (χ4v) is 5.94. The van der Waals surface area contributed by atoms with Crippen molar-refractivity contribution < 1.29 is 28.7 Å². The Morgan fingerprint density at radius 2 is 2.07 bits per heavy atom. The molecule has 1 saturated heterocycles. The van der Waals surface area contributed by atoms with Crippen LogP contribution in [0.4, 0.5) is 0 Å². The molecule has 1 aliphatic heterocycles. The summed E-state index contributed by atoms with van der Waals surface area (Å²) in [5, 5.41) is 12.4. The summed E-state index contributed by atoms with van der Waals surface area (Å²) in [4.78, 5) is 23.5. The summed E-state index contributed by atoms with van der Waals surface area (Å²) in [5.41, 5.74) is 0.625. The number of ether oxygens (including phenoxy) is 1. The molecule has 30 heavy (non-hydrogen) atoms. The van der Waals surface area contributed by atoms with Crippen LogP contribution in [0.15, 0.2) is 18.2 Å². The molecule has 1 aromatic rings. The van der Waals surface area contributed by atoms with E-state index in [1.807, 2.05) is 6.07 Å². The first-order valence-corrected chi connectivity index (χ1v) is 10.6. The fourth-order valence-electron chi connectivity index (χ4n) is 5.94. The molecule has 5 atom stereocenters. The van der Waals surface area contributed by atoms with Crippen molar-refractivity contribution in [2.75, 3.05) is 7.11 Å². The van der Waals surface area contributed by atoms with Gasteiger partial charge in [0.1, 0.15) is 11.3 Å². The Hall–Kier alpha value is -2.06. The topological polar surface area (TPSA) is 94.1 Å². The third-order valence-corrected chi connectivity index (χ3v) is 7.66. The van der Waals surface area contributed by atoms with E-state index in [4.69, 9.17) is 14.0 Å². The van der Waals surface area contributed by atoms with Gasteiger partial charge in [-0.2, -0.15) is 0 Å². The molecule has 7 nitrogen and oxygen atoms in total. The normalized spacial score (nSPS) is 32.0. The lowest BCUT2D eigenvalue weighted by atomic mass is 9.43. The Balaban J connectivity index is 1.60. The molecule has 3 saturated carbocycles. The maximum absolute atomic E-state index is 12.0. The van der Waals surface area contributed by atoms with Crippen LogP contribution in [0.1, 0.15) is 56.5 Å². The Morgan fingerprint density at radius 1 is 1.33 bits per heavy atom. The first-order chi connectivity index (χ1) is 14.1. The molecule has 1 amide bonds. The molecule has 4 aliphatic rings. The van der Waals surface area contributed by atoms with Gasteiger partial charge >= 0.3 is 13.1 Å². The highest BCUT2D eigenvalue weighted by Gasteiger charge is 2.68. The van der Waals surface area contributed by atoms with Crippen molar-refractivity contribution in [1.82, 2.24) is 5.32 Å². The second kappa shape index (κ2) is 7.27. The number of benzene rings is 1. The van der Waals surface area contributed by atoms with Gasteiger partial charge in [0.25, 0.3) is 0 Å². The van der Waals surface area contributed by atoms with Gasteiger partial charge in [0.05, 0.1) is 24.8 Å². The molecule has 1 aromatic carbocycles. The van der Waals surface area contributed by atoms with E-state index in [0.29, 0.717) is 29.6 Å². The molecule has 162 valence electrons. The van der Waals surface area contributed by atoms with Gasteiger partial charge < -0.3 is 24.5 Å². The number of carboxylic acids is 1. The van der Waals surface area contributed by atoms with E-state index in [9.17, 15) is 14.7 Å². The Morgan fingerprint density at radius 3 is 2.67 bits per heavy atom. The summed E-state index contributed by atoms with van der Waals surface area (Å²) in [6.07, 6.45) is 2.45. The van der Waals surface area contributed by atoms with Crippen molar-refractivity contribution in [3.05, 3.63) is 29.3 Å². The average molecular weight is 415 g/mol. The fraction of sp³-hybridized carbons (Fsp3) is 0.636. The zero-order valence-corrected chi connectivity index (χ0v) is 18.2. The van der Waals surface area contributed by atoms with Crippen LogP contribution >= 0.6 is 0 Å². The lowest BCUT2D eigenvalue weighted by molar-refractivity contribution is -0.199. The summed E-state index contributed by atoms with van der Waals surface area (Å²) < 4.78 is 18.3. The van der Waals surface area contributed by atoms with E-state index in [2.05, 4.69) is 26.1 Å². The van der Waals surface area contributed by atoms with Gasteiger partial charge in [0.15, 0.2) is 0 Å². The molecule has 5 rings (SSSR count). The number of hydrogen-bond acceptors (Lipinski definition) is 5. The summed E-state index contributed by atoms with van der Waals surface area (Å²) in [6, 6.07) is 5.00. The molecule has 8 heteroatoms. The van der Waals surface area contributed by atoms with Gasteiger partial charge in [0, 0.05) is 6.92 Å². The highest BCUT2D eigenvalue weighted by molar-refractivity contribution is 6.48. The molecule has 0 spiro atoms. The number of hydrogen-bond donors (Lipinski definition) is 2. The lowest BCUT2D eigenvalue weighted by Gasteiger charge is -2.64. The van der Waals surface area contributed by atoms with Crippen molar-refractivity contribution in [3.8, 4) is 5.75 Å². The zero-order chi connectivity index (χ0) is 21.8. The first-order valence-electron chi connectivity index (χ1n) is 10.6. The molecular weight excluding hydrogens is 385 g/mol. The quantitative estimate of drug-likeness (QED) is 0.694. The minimum atomic E-state index is -1.06. The third kappa shape index (κ3) is 3.21. The summed E-state index contributed by atoms with van der Waals surface area (Å²) in [7, 11) is 0.851. The van der Waals surface area contributed by atoms with E-state index in [1.165, 1.54) is 20.1 Å². The van der Waals surface area contributed by atoms with Crippen LogP contribution in [0, 0.1) is 17.3 Å². The molecule has 0 unspecified atom stereocenters. The minimum absolute atomic E-state index is 0.00258. The van der Waals surface area contributed by atoms with Crippen molar-refractivity contribution in [3.63, 3.8) is 0 Å². The maximum atomic E-state index is 12.0. The number of amides is 1. The lowest BCUT2D eigenvalue weighted by Crippen LogP contribution is -2.65.